The van der Waals surface area contributed by atoms with Crippen LogP contribution in [-0.2, 0) is 14.3 Å². The molecule has 6 heteroatoms. The van der Waals surface area contributed by atoms with Crippen LogP contribution >= 0.6 is 0 Å². The molecule has 0 heterocycles. The quantitative estimate of drug-likeness (QED) is 0.581. The lowest BCUT2D eigenvalue weighted by molar-refractivity contribution is -0.152. The molecule has 1 N–H and O–H groups in total. The SMILES string of the molecule is COc1ccc(/C=C/C(=O)O[C@H](C)C(=O)NC23CC4CC(CC(C4)C2)C3)cc1F. The molecule has 0 aromatic heterocycles. The van der Waals surface area contributed by atoms with Crippen LogP contribution in [0.25, 0.3) is 6.08 Å². The van der Waals surface area contributed by atoms with E-state index in [4.69, 9.17) is 9.47 Å². The van der Waals surface area contributed by atoms with E-state index in [1.165, 1.54) is 50.7 Å². The number of halogens is 1. The predicted octanol–water partition coefficient (Wildman–Crippen LogP) is 3.86. The molecule has 156 valence electrons. The van der Waals surface area contributed by atoms with E-state index in [0.29, 0.717) is 5.56 Å². The number of esters is 1. The van der Waals surface area contributed by atoms with Crippen LogP contribution in [0.5, 0.6) is 5.75 Å². The Morgan fingerprint density at radius 1 is 1.17 bits per heavy atom. The van der Waals surface area contributed by atoms with Crippen molar-refractivity contribution in [3.63, 3.8) is 0 Å². The summed E-state index contributed by atoms with van der Waals surface area (Å²) < 4.78 is 23.9. The van der Waals surface area contributed by atoms with E-state index in [-0.39, 0.29) is 17.2 Å². The summed E-state index contributed by atoms with van der Waals surface area (Å²) in [5.41, 5.74) is 0.397. The average molecular weight is 401 g/mol. The van der Waals surface area contributed by atoms with Gasteiger partial charge in [0.15, 0.2) is 17.7 Å². The van der Waals surface area contributed by atoms with E-state index in [1.54, 1.807) is 13.0 Å². The first-order valence-corrected chi connectivity index (χ1v) is 10.4. The summed E-state index contributed by atoms with van der Waals surface area (Å²) in [6.07, 6.45) is 8.85. The molecule has 4 aliphatic carbocycles. The van der Waals surface area contributed by atoms with Gasteiger partial charge in [-0.1, -0.05) is 6.07 Å². The van der Waals surface area contributed by atoms with Gasteiger partial charge >= 0.3 is 5.97 Å². The molecule has 5 rings (SSSR count). The number of carbonyl (C=O) groups is 2. The van der Waals surface area contributed by atoms with Crippen LogP contribution in [0.3, 0.4) is 0 Å². The number of carbonyl (C=O) groups excluding carboxylic acids is 2. The average Bonchev–Trinajstić information content (AvgIpc) is 2.65. The van der Waals surface area contributed by atoms with Crippen LogP contribution in [0.2, 0.25) is 0 Å². The lowest BCUT2D eigenvalue weighted by atomic mass is 9.53. The fraction of sp³-hybridized carbons (Fsp3) is 0.565. The fourth-order valence-electron chi connectivity index (χ4n) is 5.84. The summed E-state index contributed by atoms with van der Waals surface area (Å²) in [5.74, 6) is 0.955. The zero-order valence-corrected chi connectivity index (χ0v) is 16.9. The maximum Gasteiger partial charge on any atom is 0.331 e. The topological polar surface area (TPSA) is 64.6 Å². The normalized spacial score (nSPS) is 30.9. The highest BCUT2D eigenvalue weighted by Gasteiger charge is 2.51. The standard InChI is InChI=1S/C23H28FNO4/c1-14(29-21(26)6-4-15-3-5-20(28-2)19(24)10-15)22(27)25-23-11-16-7-17(12-23)9-18(8-16)13-23/h3-6,10,14,16-18H,7-9,11-13H2,1-2H3,(H,25,27)/b6-4+/t14-,16?,17?,18?,23?/m1/s1. The molecule has 0 radical (unpaired) electrons. The molecular weight excluding hydrogens is 373 g/mol. The Bertz CT molecular complexity index is 799. The van der Waals surface area contributed by atoms with Gasteiger partial charge in [0, 0.05) is 11.6 Å². The van der Waals surface area contributed by atoms with Gasteiger partial charge < -0.3 is 14.8 Å². The van der Waals surface area contributed by atoms with Crippen molar-refractivity contribution in [2.75, 3.05) is 7.11 Å². The molecule has 1 aromatic carbocycles. The number of hydrogen-bond acceptors (Lipinski definition) is 4. The summed E-state index contributed by atoms with van der Waals surface area (Å²) in [6.45, 7) is 1.59. The van der Waals surface area contributed by atoms with Crippen LogP contribution < -0.4 is 10.1 Å². The van der Waals surface area contributed by atoms with Crippen molar-refractivity contribution in [3.8, 4) is 5.75 Å². The molecule has 5 nitrogen and oxygen atoms in total. The Morgan fingerprint density at radius 3 is 2.34 bits per heavy atom. The molecule has 1 atom stereocenters. The van der Waals surface area contributed by atoms with Crippen LogP contribution in [0.4, 0.5) is 4.39 Å². The number of methoxy groups -OCH3 is 1. The summed E-state index contributed by atoms with van der Waals surface area (Å²) in [4.78, 5) is 24.8. The molecular formula is C23H28FNO4. The highest BCUT2D eigenvalue weighted by molar-refractivity contribution is 5.90. The Morgan fingerprint density at radius 2 is 1.79 bits per heavy atom. The minimum atomic E-state index is -0.868. The molecule has 1 aromatic rings. The lowest BCUT2D eigenvalue weighted by Gasteiger charge is -2.57. The third-order valence-corrected chi connectivity index (χ3v) is 6.68. The van der Waals surface area contributed by atoms with Gasteiger partial charge in [0.05, 0.1) is 7.11 Å². The largest absolute Gasteiger partial charge is 0.494 e. The van der Waals surface area contributed by atoms with Gasteiger partial charge in [0.25, 0.3) is 5.91 Å². The van der Waals surface area contributed by atoms with Gasteiger partial charge in [-0.15, -0.1) is 0 Å². The number of amides is 1. The number of hydrogen-bond donors (Lipinski definition) is 1. The maximum absolute atomic E-state index is 13.7. The van der Waals surface area contributed by atoms with Crippen LogP contribution in [0, 0.1) is 23.6 Å². The van der Waals surface area contributed by atoms with Crippen molar-refractivity contribution in [3.05, 3.63) is 35.7 Å². The predicted molar refractivity (Wildman–Crippen MR) is 107 cm³/mol. The summed E-state index contributed by atoms with van der Waals surface area (Å²) in [7, 11) is 1.39. The van der Waals surface area contributed by atoms with E-state index in [1.807, 2.05) is 0 Å². The zero-order chi connectivity index (χ0) is 20.6. The smallest absolute Gasteiger partial charge is 0.331 e. The van der Waals surface area contributed by atoms with Gasteiger partial charge in [-0.25, -0.2) is 9.18 Å². The molecule has 4 aliphatic rings. The van der Waals surface area contributed by atoms with Crippen molar-refractivity contribution in [1.82, 2.24) is 5.32 Å². The summed E-state index contributed by atoms with van der Waals surface area (Å²) in [5, 5.41) is 3.22. The zero-order valence-electron chi connectivity index (χ0n) is 16.9. The first-order chi connectivity index (χ1) is 13.9. The van der Waals surface area contributed by atoms with E-state index < -0.39 is 17.9 Å². The molecule has 0 aliphatic heterocycles. The van der Waals surface area contributed by atoms with E-state index in [2.05, 4.69) is 5.32 Å². The van der Waals surface area contributed by atoms with Crippen molar-refractivity contribution >= 4 is 18.0 Å². The Labute approximate surface area is 170 Å². The minimum absolute atomic E-state index is 0.108. The van der Waals surface area contributed by atoms with Gasteiger partial charge in [0.2, 0.25) is 0 Å². The second-order valence-electron chi connectivity index (χ2n) is 8.99. The Kier molecular flexibility index (Phi) is 5.36. The van der Waals surface area contributed by atoms with Crippen molar-refractivity contribution in [1.29, 1.82) is 0 Å². The second kappa shape index (κ2) is 7.81. The van der Waals surface area contributed by atoms with Crippen LogP contribution in [0.1, 0.15) is 51.0 Å². The molecule has 4 bridgehead atoms. The maximum atomic E-state index is 13.7. The molecule has 29 heavy (non-hydrogen) atoms. The highest BCUT2D eigenvalue weighted by atomic mass is 19.1. The minimum Gasteiger partial charge on any atom is -0.494 e. The molecule has 0 spiro atoms. The third-order valence-electron chi connectivity index (χ3n) is 6.68. The van der Waals surface area contributed by atoms with E-state index in [0.717, 1.165) is 37.0 Å². The van der Waals surface area contributed by atoms with Crippen molar-refractivity contribution in [2.45, 2.75) is 57.1 Å². The molecule has 4 saturated carbocycles. The summed E-state index contributed by atoms with van der Waals surface area (Å²) >= 11 is 0. The lowest BCUT2D eigenvalue weighted by Crippen LogP contribution is -2.61. The van der Waals surface area contributed by atoms with Crippen LogP contribution in [-0.4, -0.2) is 30.6 Å². The number of rotatable bonds is 6. The Hall–Kier alpha value is -2.37. The first kappa shape index (κ1) is 19.9. The monoisotopic (exact) mass is 401 g/mol. The summed E-state index contributed by atoms with van der Waals surface area (Å²) in [6, 6.07) is 4.39. The third kappa shape index (κ3) is 4.31. The molecule has 0 saturated heterocycles. The fourth-order valence-corrected chi connectivity index (χ4v) is 5.84. The molecule has 4 fully saturated rings. The first-order valence-electron chi connectivity index (χ1n) is 10.4. The van der Waals surface area contributed by atoms with E-state index in [9.17, 15) is 14.0 Å². The van der Waals surface area contributed by atoms with Gasteiger partial charge in [-0.3, -0.25) is 4.79 Å². The second-order valence-corrected chi connectivity index (χ2v) is 8.99. The van der Waals surface area contributed by atoms with Gasteiger partial charge in [-0.2, -0.15) is 0 Å². The molecule has 0 unspecified atom stereocenters. The number of nitrogens with one attached hydrogen (secondary N) is 1. The van der Waals surface area contributed by atoms with Gasteiger partial charge in [-0.05, 0) is 87.0 Å². The van der Waals surface area contributed by atoms with Crippen molar-refractivity contribution in [2.24, 2.45) is 17.8 Å². The van der Waals surface area contributed by atoms with E-state index >= 15 is 0 Å². The number of benzene rings is 1. The Balaban J connectivity index is 1.31. The number of ether oxygens (including phenoxy) is 2. The van der Waals surface area contributed by atoms with Gasteiger partial charge in [0.1, 0.15) is 0 Å². The molecule has 1 amide bonds. The van der Waals surface area contributed by atoms with Crippen molar-refractivity contribution < 1.29 is 23.5 Å². The highest BCUT2D eigenvalue weighted by Crippen LogP contribution is 2.55. The van der Waals surface area contributed by atoms with Crippen LogP contribution in [0.15, 0.2) is 24.3 Å².